The molecule has 0 fully saturated rings. The minimum Gasteiger partial charge on any atom is -0.496 e. The van der Waals surface area contributed by atoms with Gasteiger partial charge in [-0.3, -0.25) is 0 Å². The average molecular weight is 182 g/mol. The summed E-state index contributed by atoms with van der Waals surface area (Å²) in [5.41, 5.74) is 2.19. The van der Waals surface area contributed by atoms with E-state index in [0.29, 0.717) is 0 Å². The Kier molecular flexibility index (Phi) is 10.2. The molecule has 0 atom stereocenters. The molecule has 0 radical (unpaired) electrons. The lowest BCUT2D eigenvalue weighted by molar-refractivity contribution is 0.302. The van der Waals surface area contributed by atoms with Gasteiger partial charge in [0.15, 0.2) is 0 Å². The fourth-order valence-corrected chi connectivity index (χ4v) is 1.02. The van der Waals surface area contributed by atoms with Crippen LogP contribution in [0.15, 0.2) is 36.1 Å². The van der Waals surface area contributed by atoms with Crippen LogP contribution < -0.4 is 0 Å². The van der Waals surface area contributed by atoms with E-state index in [0.717, 1.165) is 23.3 Å². The topological polar surface area (TPSA) is 9.23 Å². The Labute approximate surface area is 82.8 Å². The zero-order valence-corrected chi connectivity index (χ0v) is 9.61. The van der Waals surface area contributed by atoms with Crippen molar-refractivity contribution in [2.75, 3.05) is 7.11 Å². The molecule has 0 saturated carbocycles. The standard InChI is InChI=1S/C10H16O.C2H6/c1-6-9(8(3)4)10(7-2)11-5;1-2/h7H,2-3,6H2,1,4-5H3;1-2H3/b10-9+;. The zero-order chi connectivity index (χ0) is 10.9. The highest BCUT2D eigenvalue weighted by Gasteiger charge is 2.01. The minimum atomic E-state index is 0.833. The van der Waals surface area contributed by atoms with Gasteiger partial charge in [0, 0.05) is 0 Å². The number of hydrogen-bond donors (Lipinski definition) is 0. The van der Waals surface area contributed by atoms with Gasteiger partial charge >= 0.3 is 0 Å². The molecular weight excluding hydrogens is 160 g/mol. The Morgan fingerprint density at radius 2 is 1.85 bits per heavy atom. The lowest BCUT2D eigenvalue weighted by Crippen LogP contribution is -1.91. The third-order valence-corrected chi connectivity index (χ3v) is 1.57. The van der Waals surface area contributed by atoms with Gasteiger partial charge in [0.25, 0.3) is 0 Å². The molecule has 13 heavy (non-hydrogen) atoms. The molecule has 1 heteroatoms. The predicted octanol–water partition coefficient (Wildman–Crippen LogP) is 4.09. The van der Waals surface area contributed by atoms with E-state index in [2.05, 4.69) is 20.1 Å². The molecule has 76 valence electrons. The lowest BCUT2D eigenvalue weighted by Gasteiger charge is -2.08. The van der Waals surface area contributed by atoms with E-state index in [4.69, 9.17) is 4.74 Å². The summed E-state index contributed by atoms with van der Waals surface area (Å²) < 4.78 is 5.11. The molecule has 0 aromatic carbocycles. The first-order valence-electron chi connectivity index (χ1n) is 4.72. The SMILES string of the molecule is C=C/C(OC)=C(/CC)C(=C)C.CC. The van der Waals surface area contributed by atoms with Crippen LogP contribution in [0.5, 0.6) is 0 Å². The smallest absolute Gasteiger partial charge is 0.121 e. The van der Waals surface area contributed by atoms with Gasteiger partial charge in [0.2, 0.25) is 0 Å². The molecule has 0 unspecified atom stereocenters. The Morgan fingerprint density at radius 3 is 1.92 bits per heavy atom. The van der Waals surface area contributed by atoms with Crippen molar-refractivity contribution in [3.8, 4) is 0 Å². The Hall–Kier alpha value is -0.980. The van der Waals surface area contributed by atoms with Gasteiger partial charge in [0.1, 0.15) is 5.76 Å². The number of rotatable bonds is 4. The van der Waals surface area contributed by atoms with Crippen LogP contribution in [0.3, 0.4) is 0 Å². The summed E-state index contributed by atoms with van der Waals surface area (Å²) in [5, 5.41) is 0. The Bertz CT molecular complexity index is 187. The normalized spacial score (nSPS) is 10.5. The molecule has 0 heterocycles. The highest BCUT2D eigenvalue weighted by atomic mass is 16.5. The van der Waals surface area contributed by atoms with Gasteiger partial charge in [0.05, 0.1) is 7.11 Å². The van der Waals surface area contributed by atoms with Gasteiger partial charge in [-0.1, -0.05) is 39.5 Å². The maximum atomic E-state index is 5.11. The lowest BCUT2D eigenvalue weighted by atomic mass is 10.1. The molecule has 0 aliphatic heterocycles. The van der Waals surface area contributed by atoms with E-state index in [9.17, 15) is 0 Å². The van der Waals surface area contributed by atoms with Crippen LogP contribution in [0.25, 0.3) is 0 Å². The van der Waals surface area contributed by atoms with Crippen molar-refractivity contribution in [1.82, 2.24) is 0 Å². The Morgan fingerprint density at radius 1 is 1.38 bits per heavy atom. The monoisotopic (exact) mass is 182 g/mol. The van der Waals surface area contributed by atoms with Gasteiger partial charge in [-0.05, 0) is 25.0 Å². The van der Waals surface area contributed by atoms with Crippen LogP contribution in [-0.2, 0) is 4.74 Å². The van der Waals surface area contributed by atoms with Gasteiger partial charge < -0.3 is 4.74 Å². The summed E-state index contributed by atoms with van der Waals surface area (Å²) in [6.07, 6.45) is 2.65. The van der Waals surface area contributed by atoms with E-state index in [1.165, 1.54) is 0 Å². The summed E-state index contributed by atoms with van der Waals surface area (Å²) in [4.78, 5) is 0. The highest BCUT2D eigenvalue weighted by molar-refractivity contribution is 5.33. The first-order valence-corrected chi connectivity index (χ1v) is 4.72. The third kappa shape index (κ3) is 5.29. The van der Waals surface area contributed by atoms with Crippen LogP contribution in [0, 0.1) is 0 Å². The molecule has 0 rings (SSSR count). The minimum absolute atomic E-state index is 0.833. The number of ether oxygens (including phenoxy) is 1. The number of hydrogen-bond acceptors (Lipinski definition) is 1. The molecule has 0 aliphatic rings. The van der Waals surface area contributed by atoms with Crippen molar-refractivity contribution < 1.29 is 4.74 Å². The van der Waals surface area contributed by atoms with E-state index in [1.807, 2.05) is 20.8 Å². The fraction of sp³-hybridized carbons (Fsp3) is 0.500. The summed E-state index contributed by atoms with van der Waals surface area (Å²) in [6, 6.07) is 0. The van der Waals surface area contributed by atoms with Crippen LogP contribution in [-0.4, -0.2) is 7.11 Å². The maximum Gasteiger partial charge on any atom is 0.121 e. The summed E-state index contributed by atoms with van der Waals surface area (Å²) >= 11 is 0. The first-order chi connectivity index (χ1) is 6.17. The molecule has 0 saturated heterocycles. The van der Waals surface area contributed by atoms with Crippen LogP contribution in [0.1, 0.15) is 34.1 Å². The van der Waals surface area contributed by atoms with E-state index in [-0.39, 0.29) is 0 Å². The van der Waals surface area contributed by atoms with Gasteiger partial charge in [-0.25, -0.2) is 0 Å². The molecule has 0 aromatic heterocycles. The van der Waals surface area contributed by atoms with E-state index in [1.54, 1.807) is 13.2 Å². The summed E-state index contributed by atoms with van der Waals surface area (Å²) in [5.74, 6) is 0.833. The molecular formula is C12H22O. The second kappa shape index (κ2) is 9.11. The van der Waals surface area contributed by atoms with Crippen molar-refractivity contribution in [3.63, 3.8) is 0 Å². The number of methoxy groups -OCH3 is 1. The van der Waals surface area contributed by atoms with Gasteiger partial charge in [-0.15, -0.1) is 0 Å². The van der Waals surface area contributed by atoms with Crippen molar-refractivity contribution in [2.24, 2.45) is 0 Å². The average Bonchev–Trinajstić information content (AvgIpc) is 2.16. The molecule has 0 spiro atoms. The zero-order valence-electron chi connectivity index (χ0n) is 9.61. The quantitative estimate of drug-likeness (QED) is 0.470. The largest absolute Gasteiger partial charge is 0.496 e. The second-order valence-electron chi connectivity index (χ2n) is 2.38. The van der Waals surface area contributed by atoms with Crippen molar-refractivity contribution in [3.05, 3.63) is 36.1 Å². The van der Waals surface area contributed by atoms with Crippen LogP contribution >= 0.6 is 0 Å². The van der Waals surface area contributed by atoms with E-state index >= 15 is 0 Å². The van der Waals surface area contributed by atoms with Crippen LogP contribution in [0.4, 0.5) is 0 Å². The third-order valence-electron chi connectivity index (χ3n) is 1.57. The fourth-order valence-electron chi connectivity index (χ4n) is 1.02. The molecule has 0 bridgehead atoms. The molecule has 0 aliphatic carbocycles. The maximum absolute atomic E-state index is 5.11. The van der Waals surface area contributed by atoms with Crippen LogP contribution in [0.2, 0.25) is 0 Å². The molecule has 1 nitrogen and oxygen atoms in total. The van der Waals surface area contributed by atoms with E-state index < -0.39 is 0 Å². The molecule has 0 aromatic rings. The summed E-state index contributed by atoms with van der Waals surface area (Å²) in [7, 11) is 1.65. The molecule has 0 amide bonds. The summed E-state index contributed by atoms with van der Waals surface area (Å²) in [6.45, 7) is 15.6. The van der Waals surface area contributed by atoms with Gasteiger partial charge in [-0.2, -0.15) is 0 Å². The number of allylic oxidation sites excluding steroid dienone is 3. The van der Waals surface area contributed by atoms with Crippen molar-refractivity contribution in [1.29, 1.82) is 0 Å². The molecule has 0 N–H and O–H groups in total. The van der Waals surface area contributed by atoms with Crippen molar-refractivity contribution in [2.45, 2.75) is 34.1 Å². The first kappa shape index (κ1) is 14.5. The Balaban J connectivity index is 0. The predicted molar refractivity (Wildman–Crippen MR) is 60.7 cm³/mol. The highest BCUT2D eigenvalue weighted by Crippen LogP contribution is 2.17. The van der Waals surface area contributed by atoms with Crippen molar-refractivity contribution >= 4 is 0 Å². The second-order valence-corrected chi connectivity index (χ2v) is 2.38.